The summed E-state index contributed by atoms with van der Waals surface area (Å²) >= 11 is 0. The largest absolute Gasteiger partial charge is 0.375 e. The molecule has 2 saturated heterocycles. The van der Waals surface area contributed by atoms with Crippen LogP contribution in [0.4, 0.5) is 0 Å². The Morgan fingerprint density at radius 2 is 2.06 bits per heavy atom. The lowest BCUT2D eigenvalue weighted by molar-refractivity contribution is -0.119. The topological polar surface area (TPSA) is 50.4 Å². The zero-order valence-electron chi connectivity index (χ0n) is 10.2. The minimum Gasteiger partial charge on any atom is -0.375 e. The third kappa shape index (κ3) is 3.19. The van der Waals surface area contributed by atoms with Gasteiger partial charge in [0.15, 0.2) is 0 Å². The van der Waals surface area contributed by atoms with Gasteiger partial charge in [-0.1, -0.05) is 0 Å². The molecule has 0 radical (unpaired) electrons. The SMILES string of the molecule is CC1CC(NCC2CCC(=O)N2)CC(C)O1. The smallest absolute Gasteiger partial charge is 0.220 e. The molecule has 2 rings (SSSR count). The Kier molecular flexibility index (Phi) is 3.82. The van der Waals surface area contributed by atoms with Gasteiger partial charge in [0.2, 0.25) is 5.91 Å². The van der Waals surface area contributed by atoms with Crippen molar-refractivity contribution < 1.29 is 9.53 Å². The van der Waals surface area contributed by atoms with Gasteiger partial charge in [0.25, 0.3) is 0 Å². The molecule has 0 spiro atoms. The van der Waals surface area contributed by atoms with E-state index in [1.165, 1.54) is 0 Å². The van der Waals surface area contributed by atoms with Crippen LogP contribution in [0, 0.1) is 0 Å². The van der Waals surface area contributed by atoms with Gasteiger partial charge in [-0.3, -0.25) is 4.79 Å². The van der Waals surface area contributed by atoms with Crippen LogP contribution in [0.25, 0.3) is 0 Å². The van der Waals surface area contributed by atoms with E-state index < -0.39 is 0 Å². The molecule has 92 valence electrons. The summed E-state index contributed by atoms with van der Waals surface area (Å²) in [6.07, 6.45) is 4.50. The van der Waals surface area contributed by atoms with Crippen LogP contribution in [0.5, 0.6) is 0 Å². The highest BCUT2D eigenvalue weighted by atomic mass is 16.5. The Morgan fingerprint density at radius 1 is 1.38 bits per heavy atom. The molecular weight excluding hydrogens is 204 g/mol. The van der Waals surface area contributed by atoms with Gasteiger partial charge in [-0.05, 0) is 33.1 Å². The lowest BCUT2D eigenvalue weighted by Crippen LogP contribution is -2.45. The molecule has 2 heterocycles. The molecule has 2 aliphatic heterocycles. The molecule has 16 heavy (non-hydrogen) atoms. The van der Waals surface area contributed by atoms with Crippen molar-refractivity contribution in [3.63, 3.8) is 0 Å². The van der Waals surface area contributed by atoms with E-state index in [9.17, 15) is 4.79 Å². The number of amides is 1. The summed E-state index contributed by atoms with van der Waals surface area (Å²) in [6, 6.07) is 0.872. The lowest BCUT2D eigenvalue weighted by atomic mass is 9.99. The van der Waals surface area contributed by atoms with Crippen molar-refractivity contribution >= 4 is 5.91 Å². The number of carbonyl (C=O) groups is 1. The van der Waals surface area contributed by atoms with Crippen molar-refractivity contribution in [3.8, 4) is 0 Å². The maximum atomic E-state index is 11.0. The molecule has 3 unspecified atom stereocenters. The van der Waals surface area contributed by atoms with Crippen molar-refractivity contribution in [3.05, 3.63) is 0 Å². The minimum absolute atomic E-state index is 0.195. The third-order valence-corrected chi connectivity index (χ3v) is 3.44. The van der Waals surface area contributed by atoms with Gasteiger partial charge in [0.1, 0.15) is 0 Å². The van der Waals surface area contributed by atoms with Crippen molar-refractivity contribution in [1.29, 1.82) is 0 Å². The average molecular weight is 226 g/mol. The molecular formula is C12H22N2O2. The minimum atomic E-state index is 0.195. The molecule has 0 aliphatic carbocycles. The quantitative estimate of drug-likeness (QED) is 0.749. The summed E-state index contributed by atoms with van der Waals surface area (Å²) in [4.78, 5) is 11.0. The number of rotatable bonds is 3. The highest BCUT2D eigenvalue weighted by Crippen LogP contribution is 2.19. The van der Waals surface area contributed by atoms with Crippen LogP contribution in [0.15, 0.2) is 0 Å². The maximum absolute atomic E-state index is 11.0. The van der Waals surface area contributed by atoms with Gasteiger partial charge < -0.3 is 15.4 Å². The Morgan fingerprint density at radius 3 is 2.62 bits per heavy atom. The summed E-state index contributed by atoms with van der Waals surface area (Å²) in [5, 5.41) is 6.53. The summed E-state index contributed by atoms with van der Waals surface area (Å²) in [6.45, 7) is 5.15. The molecule has 1 amide bonds. The van der Waals surface area contributed by atoms with E-state index >= 15 is 0 Å². The van der Waals surface area contributed by atoms with Gasteiger partial charge >= 0.3 is 0 Å². The Bertz CT molecular complexity index is 247. The van der Waals surface area contributed by atoms with Crippen molar-refractivity contribution in [2.24, 2.45) is 0 Å². The molecule has 4 nitrogen and oxygen atoms in total. The zero-order valence-corrected chi connectivity index (χ0v) is 10.2. The molecule has 3 atom stereocenters. The van der Waals surface area contributed by atoms with E-state index in [1.807, 2.05) is 0 Å². The summed E-state index contributed by atoms with van der Waals surface area (Å²) in [7, 11) is 0. The fourth-order valence-corrected chi connectivity index (χ4v) is 2.71. The first-order chi connectivity index (χ1) is 7.63. The molecule has 0 aromatic carbocycles. The first-order valence-electron chi connectivity index (χ1n) is 6.31. The van der Waals surface area contributed by atoms with Crippen LogP contribution in [-0.2, 0) is 9.53 Å². The normalized spacial score (nSPS) is 39.8. The molecule has 2 N–H and O–H groups in total. The van der Waals surface area contributed by atoms with Crippen LogP contribution in [0.3, 0.4) is 0 Å². The number of carbonyl (C=O) groups excluding carboxylic acids is 1. The van der Waals surface area contributed by atoms with E-state index in [0.29, 0.717) is 30.7 Å². The van der Waals surface area contributed by atoms with Crippen molar-refractivity contribution in [2.75, 3.05) is 6.54 Å². The van der Waals surface area contributed by atoms with E-state index in [1.54, 1.807) is 0 Å². The van der Waals surface area contributed by atoms with E-state index in [4.69, 9.17) is 4.74 Å². The predicted octanol–water partition coefficient (Wildman–Crippen LogP) is 0.811. The molecule has 2 fully saturated rings. The average Bonchev–Trinajstić information content (AvgIpc) is 2.60. The van der Waals surface area contributed by atoms with Gasteiger partial charge in [0.05, 0.1) is 12.2 Å². The molecule has 2 aliphatic rings. The summed E-state index contributed by atoms with van der Waals surface area (Å²) in [5.74, 6) is 0.195. The zero-order chi connectivity index (χ0) is 11.5. The maximum Gasteiger partial charge on any atom is 0.220 e. The Labute approximate surface area is 97.1 Å². The van der Waals surface area contributed by atoms with Crippen LogP contribution >= 0.6 is 0 Å². The van der Waals surface area contributed by atoms with Crippen LogP contribution in [0.1, 0.15) is 39.5 Å². The third-order valence-electron chi connectivity index (χ3n) is 3.44. The number of ether oxygens (including phenoxy) is 1. The van der Waals surface area contributed by atoms with Gasteiger partial charge in [-0.15, -0.1) is 0 Å². The first-order valence-corrected chi connectivity index (χ1v) is 6.31. The lowest BCUT2D eigenvalue weighted by Gasteiger charge is -2.33. The number of hydrogen-bond acceptors (Lipinski definition) is 3. The van der Waals surface area contributed by atoms with E-state index in [-0.39, 0.29) is 5.91 Å². The fraction of sp³-hybridized carbons (Fsp3) is 0.917. The molecule has 0 bridgehead atoms. The predicted molar refractivity (Wildman–Crippen MR) is 62.2 cm³/mol. The summed E-state index contributed by atoms with van der Waals surface area (Å²) < 4.78 is 5.70. The van der Waals surface area contributed by atoms with E-state index in [2.05, 4.69) is 24.5 Å². The first kappa shape index (κ1) is 11.9. The Hall–Kier alpha value is -0.610. The molecule has 0 saturated carbocycles. The van der Waals surface area contributed by atoms with Gasteiger partial charge in [-0.25, -0.2) is 0 Å². The highest BCUT2D eigenvalue weighted by molar-refractivity contribution is 5.78. The van der Waals surface area contributed by atoms with Crippen LogP contribution in [-0.4, -0.2) is 36.7 Å². The van der Waals surface area contributed by atoms with Crippen molar-refractivity contribution in [1.82, 2.24) is 10.6 Å². The van der Waals surface area contributed by atoms with E-state index in [0.717, 1.165) is 25.8 Å². The number of nitrogens with one attached hydrogen (secondary N) is 2. The second-order valence-electron chi connectivity index (χ2n) is 5.14. The molecule has 0 aromatic heterocycles. The fourth-order valence-electron chi connectivity index (χ4n) is 2.71. The van der Waals surface area contributed by atoms with Gasteiger partial charge in [0, 0.05) is 25.0 Å². The molecule has 4 heteroatoms. The van der Waals surface area contributed by atoms with Crippen molar-refractivity contribution in [2.45, 2.75) is 63.8 Å². The van der Waals surface area contributed by atoms with Gasteiger partial charge in [-0.2, -0.15) is 0 Å². The second-order valence-corrected chi connectivity index (χ2v) is 5.14. The monoisotopic (exact) mass is 226 g/mol. The number of hydrogen-bond donors (Lipinski definition) is 2. The summed E-state index contributed by atoms with van der Waals surface area (Å²) in [5.41, 5.74) is 0. The molecule has 0 aromatic rings. The Balaban J connectivity index is 1.71. The highest BCUT2D eigenvalue weighted by Gasteiger charge is 2.26. The van der Waals surface area contributed by atoms with Crippen LogP contribution < -0.4 is 10.6 Å². The van der Waals surface area contributed by atoms with Crippen LogP contribution in [0.2, 0.25) is 0 Å². The second kappa shape index (κ2) is 5.15. The standard InChI is InChI=1S/C12H22N2O2/c1-8-5-11(6-9(2)16-8)13-7-10-3-4-12(15)14-10/h8-11,13H,3-7H2,1-2H3,(H,14,15).